The van der Waals surface area contributed by atoms with Crippen LogP contribution >= 0.6 is 0 Å². The molecular weight excluding hydrogens is 301 g/mol. The van der Waals surface area contributed by atoms with Crippen molar-refractivity contribution in [3.63, 3.8) is 0 Å². The lowest BCUT2D eigenvalue weighted by molar-refractivity contribution is -0.185. The first-order chi connectivity index (χ1) is 10.4. The highest BCUT2D eigenvalue weighted by molar-refractivity contribution is 5.80. The standard InChI is InChI=1S/C13H19F3N4O2/c1-9(22-8-13(14,15)16)12(21)17-7-11-19-18-10-5-3-2-4-6-20(10)11/h9H,2-8H2,1H3,(H,17,21)/t9-/m1/s1. The average Bonchev–Trinajstić information content (AvgIpc) is 2.68. The zero-order valence-corrected chi connectivity index (χ0v) is 12.3. The molecule has 1 aliphatic heterocycles. The molecule has 1 aliphatic rings. The van der Waals surface area contributed by atoms with Crippen LogP contribution in [-0.4, -0.2) is 39.6 Å². The van der Waals surface area contributed by atoms with Gasteiger partial charge in [-0.1, -0.05) is 6.42 Å². The van der Waals surface area contributed by atoms with E-state index in [1.54, 1.807) is 0 Å². The minimum absolute atomic E-state index is 0.131. The van der Waals surface area contributed by atoms with Gasteiger partial charge >= 0.3 is 6.18 Å². The monoisotopic (exact) mass is 320 g/mol. The van der Waals surface area contributed by atoms with Gasteiger partial charge in [0.05, 0.1) is 6.54 Å². The number of nitrogens with zero attached hydrogens (tertiary/aromatic N) is 3. The van der Waals surface area contributed by atoms with E-state index in [0.29, 0.717) is 5.82 Å². The number of nitrogens with one attached hydrogen (secondary N) is 1. The Kier molecular flexibility index (Phi) is 5.38. The zero-order chi connectivity index (χ0) is 16.2. The van der Waals surface area contributed by atoms with Crippen LogP contribution in [0, 0.1) is 0 Å². The molecule has 2 rings (SSSR count). The van der Waals surface area contributed by atoms with Crippen molar-refractivity contribution in [1.82, 2.24) is 20.1 Å². The average molecular weight is 320 g/mol. The van der Waals surface area contributed by atoms with Crippen molar-refractivity contribution >= 4 is 5.91 Å². The molecule has 1 amide bonds. The lowest BCUT2D eigenvalue weighted by Crippen LogP contribution is -2.36. The molecular formula is C13H19F3N4O2. The quantitative estimate of drug-likeness (QED) is 0.894. The molecule has 0 saturated carbocycles. The molecule has 0 aromatic carbocycles. The summed E-state index contributed by atoms with van der Waals surface area (Å²) in [5.41, 5.74) is 0. The molecule has 0 unspecified atom stereocenters. The number of carbonyl (C=O) groups excluding carboxylic acids is 1. The predicted molar refractivity (Wildman–Crippen MR) is 70.9 cm³/mol. The fourth-order valence-corrected chi connectivity index (χ4v) is 2.28. The van der Waals surface area contributed by atoms with Gasteiger partial charge in [-0.15, -0.1) is 10.2 Å². The molecule has 22 heavy (non-hydrogen) atoms. The Morgan fingerprint density at radius 3 is 2.86 bits per heavy atom. The van der Waals surface area contributed by atoms with Gasteiger partial charge in [0.15, 0.2) is 5.82 Å². The number of halogens is 3. The number of hydrogen-bond donors (Lipinski definition) is 1. The largest absolute Gasteiger partial charge is 0.411 e. The molecule has 0 aliphatic carbocycles. The molecule has 124 valence electrons. The fourth-order valence-electron chi connectivity index (χ4n) is 2.28. The van der Waals surface area contributed by atoms with Gasteiger partial charge in [0.2, 0.25) is 5.91 Å². The van der Waals surface area contributed by atoms with E-state index >= 15 is 0 Å². The highest BCUT2D eigenvalue weighted by Gasteiger charge is 2.30. The Labute approximate surface area is 126 Å². The summed E-state index contributed by atoms with van der Waals surface area (Å²) in [5, 5.41) is 10.7. The van der Waals surface area contributed by atoms with E-state index in [1.807, 2.05) is 4.57 Å². The molecule has 1 atom stereocenters. The lowest BCUT2D eigenvalue weighted by Gasteiger charge is -2.15. The fraction of sp³-hybridized carbons (Fsp3) is 0.769. The number of carbonyl (C=O) groups is 1. The summed E-state index contributed by atoms with van der Waals surface area (Å²) in [7, 11) is 0. The highest BCUT2D eigenvalue weighted by atomic mass is 19.4. The first-order valence-electron chi connectivity index (χ1n) is 7.24. The molecule has 6 nitrogen and oxygen atoms in total. The maximum absolute atomic E-state index is 12.0. The number of rotatable bonds is 5. The number of aryl methyl sites for hydroxylation is 1. The summed E-state index contributed by atoms with van der Waals surface area (Å²) in [6.07, 6.45) is -1.56. The van der Waals surface area contributed by atoms with Crippen LogP contribution in [0.3, 0.4) is 0 Å². The molecule has 9 heteroatoms. The van der Waals surface area contributed by atoms with Crippen molar-refractivity contribution in [3.8, 4) is 0 Å². The Morgan fingerprint density at radius 1 is 1.36 bits per heavy atom. The van der Waals surface area contributed by atoms with E-state index in [4.69, 9.17) is 0 Å². The summed E-state index contributed by atoms with van der Waals surface area (Å²) in [6.45, 7) is 0.770. The van der Waals surface area contributed by atoms with Crippen LogP contribution in [0.2, 0.25) is 0 Å². The minimum atomic E-state index is -4.45. The molecule has 0 spiro atoms. The smallest absolute Gasteiger partial charge is 0.359 e. The summed E-state index contributed by atoms with van der Waals surface area (Å²) in [5.74, 6) is 0.909. The number of fused-ring (bicyclic) bond motifs is 1. The number of alkyl halides is 3. The van der Waals surface area contributed by atoms with Crippen molar-refractivity contribution in [1.29, 1.82) is 0 Å². The van der Waals surface area contributed by atoms with E-state index in [2.05, 4.69) is 20.3 Å². The summed E-state index contributed by atoms with van der Waals surface area (Å²) >= 11 is 0. The van der Waals surface area contributed by atoms with E-state index < -0.39 is 24.8 Å². The zero-order valence-electron chi connectivity index (χ0n) is 12.3. The molecule has 2 heterocycles. The molecule has 1 aromatic rings. The van der Waals surface area contributed by atoms with Crippen LogP contribution in [-0.2, 0) is 29.0 Å². The third-order valence-electron chi connectivity index (χ3n) is 3.47. The highest BCUT2D eigenvalue weighted by Crippen LogP contribution is 2.16. The second-order valence-corrected chi connectivity index (χ2v) is 5.28. The summed E-state index contributed by atoms with van der Waals surface area (Å²) in [4.78, 5) is 11.7. The number of hydrogen-bond acceptors (Lipinski definition) is 4. The van der Waals surface area contributed by atoms with Gasteiger partial charge in [0.1, 0.15) is 18.5 Å². The maximum atomic E-state index is 12.0. The molecule has 1 N–H and O–H groups in total. The SMILES string of the molecule is C[C@@H](OCC(F)(F)F)C(=O)NCc1nnc2n1CCCCC2. The van der Waals surface area contributed by atoms with Crippen LogP contribution in [0.15, 0.2) is 0 Å². The number of aromatic nitrogens is 3. The van der Waals surface area contributed by atoms with Gasteiger partial charge in [-0.25, -0.2) is 0 Å². The third-order valence-corrected chi connectivity index (χ3v) is 3.47. The van der Waals surface area contributed by atoms with Crippen LogP contribution in [0.1, 0.15) is 37.8 Å². The number of ether oxygens (including phenoxy) is 1. The molecule has 0 bridgehead atoms. The van der Waals surface area contributed by atoms with Crippen LogP contribution in [0.4, 0.5) is 13.2 Å². The predicted octanol–water partition coefficient (Wildman–Crippen LogP) is 1.59. The third kappa shape index (κ3) is 4.69. The van der Waals surface area contributed by atoms with E-state index in [0.717, 1.165) is 38.1 Å². The number of amides is 1. The van der Waals surface area contributed by atoms with Crippen molar-refractivity contribution < 1.29 is 22.7 Å². The Balaban J connectivity index is 1.85. The minimum Gasteiger partial charge on any atom is -0.359 e. The molecule has 0 radical (unpaired) electrons. The van der Waals surface area contributed by atoms with Gasteiger partial charge in [-0.3, -0.25) is 4.79 Å². The first kappa shape index (κ1) is 16.7. The Morgan fingerprint density at radius 2 is 2.14 bits per heavy atom. The lowest BCUT2D eigenvalue weighted by atomic mass is 10.2. The Bertz CT molecular complexity index is 516. The molecule has 0 saturated heterocycles. The van der Waals surface area contributed by atoms with Gasteiger partial charge in [-0.2, -0.15) is 13.2 Å². The van der Waals surface area contributed by atoms with Crippen molar-refractivity contribution in [3.05, 3.63) is 11.6 Å². The first-order valence-corrected chi connectivity index (χ1v) is 7.24. The Hall–Kier alpha value is -1.64. The van der Waals surface area contributed by atoms with Crippen LogP contribution in [0.25, 0.3) is 0 Å². The van der Waals surface area contributed by atoms with Crippen molar-refractivity contribution in [2.45, 2.75) is 58.0 Å². The topological polar surface area (TPSA) is 69.0 Å². The van der Waals surface area contributed by atoms with Gasteiger partial charge in [-0.05, 0) is 19.8 Å². The second-order valence-electron chi connectivity index (χ2n) is 5.28. The maximum Gasteiger partial charge on any atom is 0.411 e. The summed E-state index contributed by atoms with van der Waals surface area (Å²) in [6, 6.07) is 0. The van der Waals surface area contributed by atoms with Crippen LogP contribution < -0.4 is 5.32 Å². The van der Waals surface area contributed by atoms with Gasteiger partial charge in [0, 0.05) is 13.0 Å². The van der Waals surface area contributed by atoms with Crippen molar-refractivity contribution in [2.24, 2.45) is 0 Å². The molecule has 1 aromatic heterocycles. The molecule has 0 fully saturated rings. The van der Waals surface area contributed by atoms with E-state index in [-0.39, 0.29) is 6.54 Å². The summed E-state index contributed by atoms with van der Waals surface area (Å²) < 4.78 is 42.6. The normalized spacial score (nSPS) is 16.7. The van der Waals surface area contributed by atoms with E-state index in [9.17, 15) is 18.0 Å². The van der Waals surface area contributed by atoms with Gasteiger partial charge < -0.3 is 14.6 Å². The van der Waals surface area contributed by atoms with Gasteiger partial charge in [0.25, 0.3) is 0 Å². The van der Waals surface area contributed by atoms with E-state index in [1.165, 1.54) is 6.92 Å². The second kappa shape index (κ2) is 7.08. The van der Waals surface area contributed by atoms with Crippen LogP contribution in [0.5, 0.6) is 0 Å². The van der Waals surface area contributed by atoms with Crippen molar-refractivity contribution in [2.75, 3.05) is 6.61 Å².